The molecule has 1 aliphatic rings. The first-order valence-electron chi connectivity index (χ1n) is 8.35. The number of carbonyl (C=O) groups is 1. The van der Waals surface area contributed by atoms with Gasteiger partial charge in [-0.15, -0.1) is 0 Å². The number of fused-ring (bicyclic) bond motifs is 1. The summed E-state index contributed by atoms with van der Waals surface area (Å²) in [6.07, 6.45) is 0.640. The van der Waals surface area contributed by atoms with Gasteiger partial charge in [0.25, 0.3) is 10.0 Å². The number of nitrogens with zero attached hydrogens (tertiary/aromatic N) is 1. The first kappa shape index (κ1) is 18.4. The Morgan fingerprint density at radius 3 is 2.73 bits per heavy atom. The molecule has 1 aliphatic heterocycles. The van der Waals surface area contributed by atoms with Crippen LogP contribution < -0.4 is 9.62 Å². The lowest BCUT2D eigenvalue weighted by molar-refractivity contribution is -0.116. The van der Waals surface area contributed by atoms with Gasteiger partial charge in [0, 0.05) is 31.5 Å². The molecule has 1 heterocycles. The summed E-state index contributed by atoms with van der Waals surface area (Å²) in [4.78, 5) is 13.7. The molecule has 138 valence electrons. The number of anilines is 2. The molecule has 0 radical (unpaired) electrons. The predicted molar refractivity (Wildman–Crippen MR) is 101 cm³/mol. The monoisotopic (exact) mass is 374 g/mol. The van der Waals surface area contributed by atoms with Gasteiger partial charge in [0.1, 0.15) is 0 Å². The topological polar surface area (TPSA) is 75.7 Å². The Bertz CT molecular complexity index is 940. The van der Waals surface area contributed by atoms with Gasteiger partial charge in [0.05, 0.1) is 11.5 Å². The molecular formula is C19H22N2O4S. The molecule has 2 aromatic carbocycles. The quantitative estimate of drug-likeness (QED) is 0.873. The predicted octanol–water partition coefficient (Wildman–Crippen LogP) is 2.93. The summed E-state index contributed by atoms with van der Waals surface area (Å²) in [6.45, 7) is 3.88. The van der Waals surface area contributed by atoms with E-state index in [-0.39, 0.29) is 16.8 Å². The highest BCUT2D eigenvalue weighted by molar-refractivity contribution is 7.92. The van der Waals surface area contributed by atoms with E-state index < -0.39 is 10.0 Å². The normalized spacial score (nSPS) is 16.4. The third kappa shape index (κ3) is 3.59. The summed E-state index contributed by atoms with van der Waals surface area (Å²) in [5.74, 6) is -0.0417. The summed E-state index contributed by atoms with van der Waals surface area (Å²) >= 11 is 0. The van der Waals surface area contributed by atoms with Crippen molar-refractivity contribution in [3.8, 4) is 0 Å². The molecule has 0 aliphatic carbocycles. The Kier molecular flexibility index (Phi) is 5.02. The number of hydrogen-bond acceptors (Lipinski definition) is 4. The van der Waals surface area contributed by atoms with Crippen molar-refractivity contribution < 1.29 is 17.9 Å². The number of ether oxygens (including phenoxy) is 1. The largest absolute Gasteiger partial charge is 0.380 e. The third-order valence-corrected chi connectivity index (χ3v) is 5.79. The van der Waals surface area contributed by atoms with Crippen LogP contribution in [0.2, 0.25) is 0 Å². The highest BCUT2D eigenvalue weighted by Crippen LogP contribution is 2.34. The van der Waals surface area contributed by atoms with Crippen LogP contribution in [0.5, 0.6) is 0 Å². The van der Waals surface area contributed by atoms with Crippen molar-refractivity contribution in [2.75, 3.05) is 16.7 Å². The third-order valence-electron chi connectivity index (χ3n) is 4.41. The number of sulfonamides is 1. The Balaban J connectivity index is 1.88. The van der Waals surface area contributed by atoms with E-state index in [1.807, 2.05) is 13.0 Å². The van der Waals surface area contributed by atoms with Gasteiger partial charge in [-0.2, -0.15) is 0 Å². The second kappa shape index (κ2) is 7.09. The van der Waals surface area contributed by atoms with Gasteiger partial charge >= 0.3 is 0 Å². The number of carbonyl (C=O) groups excluding carboxylic acids is 1. The van der Waals surface area contributed by atoms with Crippen molar-refractivity contribution in [1.82, 2.24) is 0 Å². The van der Waals surface area contributed by atoms with Crippen LogP contribution in [0.3, 0.4) is 0 Å². The summed E-state index contributed by atoms with van der Waals surface area (Å²) in [6, 6.07) is 12.0. The van der Waals surface area contributed by atoms with E-state index in [0.717, 1.165) is 16.8 Å². The molecule has 0 aromatic heterocycles. The van der Waals surface area contributed by atoms with Crippen LogP contribution in [0, 0.1) is 0 Å². The minimum absolute atomic E-state index is 0.0270. The number of rotatable bonds is 5. The smallest absolute Gasteiger partial charge is 0.261 e. The first-order chi connectivity index (χ1) is 12.3. The van der Waals surface area contributed by atoms with Crippen LogP contribution in [0.4, 0.5) is 11.4 Å². The molecule has 26 heavy (non-hydrogen) atoms. The minimum Gasteiger partial charge on any atom is -0.380 e. The van der Waals surface area contributed by atoms with Crippen LogP contribution in [-0.4, -0.2) is 27.5 Å². The van der Waals surface area contributed by atoms with Crippen molar-refractivity contribution >= 4 is 27.3 Å². The fourth-order valence-corrected chi connectivity index (χ4v) is 4.46. The Morgan fingerprint density at radius 1 is 1.27 bits per heavy atom. The number of methoxy groups -OCH3 is 1. The van der Waals surface area contributed by atoms with E-state index in [9.17, 15) is 13.2 Å². The fourth-order valence-electron chi connectivity index (χ4n) is 3.36. The molecule has 7 heteroatoms. The molecular weight excluding hydrogens is 352 g/mol. The van der Waals surface area contributed by atoms with Gasteiger partial charge in [0.2, 0.25) is 5.91 Å². The number of hydrogen-bond donors (Lipinski definition) is 1. The summed E-state index contributed by atoms with van der Waals surface area (Å²) < 4.78 is 33.2. The lowest BCUT2D eigenvalue weighted by Crippen LogP contribution is -2.33. The molecule has 0 saturated heterocycles. The molecule has 6 nitrogen and oxygen atoms in total. The van der Waals surface area contributed by atoms with E-state index in [2.05, 4.69) is 4.72 Å². The highest BCUT2D eigenvalue weighted by atomic mass is 32.2. The van der Waals surface area contributed by atoms with E-state index in [0.29, 0.717) is 18.7 Å². The Morgan fingerprint density at radius 2 is 2.04 bits per heavy atom. The van der Waals surface area contributed by atoms with E-state index in [4.69, 9.17) is 4.74 Å². The van der Waals surface area contributed by atoms with Crippen LogP contribution in [0.15, 0.2) is 47.4 Å². The van der Waals surface area contributed by atoms with Gasteiger partial charge in [0.15, 0.2) is 0 Å². The first-order valence-corrected chi connectivity index (χ1v) is 9.83. The summed E-state index contributed by atoms with van der Waals surface area (Å²) in [5, 5.41) is 0. The Hall–Kier alpha value is -2.38. The average molecular weight is 374 g/mol. The van der Waals surface area contributed by atoms with Gasteiger partial charge in [-0.3, -0.25) is 9.52 Å². The van der Waals surface area contributed by atoms with Crippen LogP contribution in [-0.2, 0) is 32.6 Å². The lowest BCUT2D eigenvalue weighted by Gasteiger charge is -2.20. The van der Waals surface area contributed by atoms with Crippen LogP contribution in [0.1, 0.15) is 25.0 Å². The van der Waals surface area contributed by atoms with Crippen molar-refractivity contribution in [1.29, 1.82) is 0 Å². The molecule has 0 fully saturated rings. The average Bonchev–Trinajstić information content (AvgIpc) is 2.90. The van der Waals surface area contributed by atoms with Crippen LogP contribution >= 0.6 is 0 Å². The molecule has 0 saturated carbocycles. The zero-order chi connectivity index (χ0) is 18.9. The van der Waals surface area contributed by atoms with Crippen molar-refractivity contribution in [2.24, 2.45) is 0 Å². The SMILES string of the molecule is COCc1cccc(NS(=O)(=O)c2ccc3c(c2)CC(C)N3C(C)=O)c1. The molecule has 0 bridgehead atoms. The molecule has 3 rings (SSSR count). The van der Waals surface area contributed by atoms with Gasteiger partial charge in [-0.1, -0.05) is 12.1 Å². The van der Waals surface area contributed by atoms with E-state index >= 15 is 0 Å². The molecule has 1 unspecified atom stereocenters. The summed E-state index contributed by atoms with van der Waals surface area (Å²) in [5.41, 5.74) is 3.01. The molecule has 2 aromatic rings. The van der Waals surface area contributed by atoms with Crippen molar-refractivity contribution in [3.63, 3.8) is 0 Å². The Labute approximate surface area is 153 Å². The van der Waals surface area contributed by atoms with Crippen molar-refractivity contribution in [2.45, 2.75) is 37.8 Å². The number of amides is 1. The molecule has 1 atom stereocenters. The maximum Gasteiger partial charge on any atom is 0.261 e. The van der Waals surface area contributed by atoms with Crippen molar-refractivity contribution in [3.05, 3.63) is 53.6 Å². The zero-order valence-electron chi connectivity index (χ0n) is 15.0. The number of benzene rings is 2. The van der Waals surface area contributed by atoms with E-state index in [1.54, 1.807) is 42.3 Å². The van der Waals surface area contributed by atoms with E-state index in [1.165, 1.54) is 13.0 Å². The number of nitrogens with one attached hydrogen (secondary N) is 1. The standard InChI is InChI=1S/C19H22N2O4S/c1-13-9-16-11-18(7-8-19(16)21(13)14(2)22)26(23,24)20-17-6-4-5-15(10-17)12-25-3/h4-8,10-11,13,20H,9,12H2,1-3H3. The highest BCUT2D eigenvalue weighted by Gasteiger charge is 2.30. The summed E-state index contributed by atoms with van der Waals surface area (Å²) in [7, 11) is -2.13. The van der Waals surface area contributed by atoms with Gasteiger partial charge in [-0.05, 0) is 54.8 Å². The minimum atomic E-state index is -3.72. The molecule has 1 amide bonds. The second-order valence-electron chi connectivity index (χ2n) is 6.47. The van der Waals surface area contributed by atoms with Gasteiger partial charge < -0.3 is 9.64 Å². The molecule has 1 N–H and O–H groups in total. The van der Waals surface area contributed by atoms with Crippen LogP contribution in [0.25, 0.3) is 0 Å². The lowest BCUT2D eigenvalue weighted by atomic mass is 10.1. The fraction of sp³-hybridized carbons (Fsp3) is 0.316. The molecule has 0 spiro atoms. The second-order valence-corrected chi connectivity index (χ2v) is 8.15. The maximum absolute atomic E-state index is 12.7. The zero-order valence-corrected chi connectivity index (χ0v) is 15.8. The van der Waals surface area contributed by atoms with Gasteiger partial charge in [-0.25, -0.2) is 8.42 Å². The maximum atomic E-state index is 12.7.